The first kappa shape index (κ1) is 18.8. The third kappa shape index (κ3) is 5.23. The molecular formula is C18H16BrN3O2S2. The summed E-state index contributed by atoms with van der Waals surface area (Å²) in [5, 5.41) is 8.13. The standard InChI is InChI=1S/C18H16BrN3O2S2/c1-11(23)20-9-14-6-7-16(26-14)15-10-25-18(21-15)22-17(24)8-12-2-4-13(19)5-3-12/h2-7,10H,8-9H2,1H3,(H,20,23)(H,21,22,24). The van der Waals surface area contributed by atoms with E-state index in [0.29, 0.717) is 18.1 Å². The van der Waals surface area contributed by atoms with Crippen molar-refractivity contribution in [3.63, 3.8) is 0 Å². The summed E-state index contributed by atoms with van der Waals surface area (Å²) in [5.74, 6) is -0.143. The average Bonchev–Trinajstić information content (AvgIpc) is 3.24. The summed E-state index contributed by atoms with van der Waals surface area (Å²) in [4.78, 5) is 29.7. The van der Waals surface area contributed by atoms with E-state index in [0.717, 1.165) is 25.5 Å². The summed E-state index contributed by atoms with van der Waals surface area (Å²) in [5.41, 5.74) is 1.77. The van der Waals surface area contributed by atoms with Crippen molar-refractivity contribution in [1.82, 2.24) is 10.3 Å². The van der Waals surface area contributed by atoms with Gasteiger partial charge < -0.3 is 10.6 Å². The fourth-order valence-corrected chi connectivity index (χ4v) is 4.19. The quantitative estimate of drug-likeness (QED) is 0.583. The predicted octanol–water partition coefficient (Wildman–Crippen LogP) is 4.45. The Kier molecular flexibility index (Phi) is 6.18. The zero-order chi connectivity index (χ0) is 18.5. The number of aromatic nitrogens is 1. The number of nitrogens with zero attached hydrogens (tertiary/aromatic N) is 1. The van der Waals surface area contributed by atoms with Crippen LogP contribution in [0.2, 0.25) is 0 Å². The van der Waals surface area contributed by atoms with Gasteiger partial charge in [0.05, 0.1) is 23.5 Å². The lowest BCUT2D eigenvalue weighted by Gasteiger charge is -2.02. The highest BCUT2D eigenvalue weighted by molar-refractivity contribution is 9.10. The fraction of sp³-hybridized carbons (Fsp3) is 0.167. The number of halogens is 1. The van der Waals surface area contributed by atoms with Crippen molar-refractivity contribution in [3.8, 4) is 10.6 Å². The maximum absolute atomic E-state index is 12.2. The lowest BCUT2D eigenvalue weighted by molar-refractivity contribution is -0.119. The molecule has 134 valence electrons. The molecule has 2 aromatic heterocycles. The van der Waals surface area contributed by atoms with Crippen LogP contribution in [-0.4, -0.2) is 16.8 Å². The van der Waals surface area contributed by atoms with Gasteiger partial charge in [0.15, 0.2) is 5.13 Å². The molecule has 2 N–H and O–H groups in total. The van der Waals surface area contributed by atoms with Crippen molar-refractivity contribution in [2.75, 3.05) is 5.32 Å². The van der Waals surface area contributed by atoms with Crippen molar-refractivity contribution in [3.05, 3.63) is 56.7 Å². The molecule has 0 saturated heterocycles. The summed E-state index contributed by atoms with van der Waals surface area (Å²) in [7, 11) is 0. The summed E-state index contributed by atoms with van der Waals surface area (Å²) >= 11 is 6.36. The molecule has 5 nitrogen and oxygen atoms in total. The number of benzene rings is 1. The van der Waals surface area contributed by atoms with Crippen molar-refractivity contribution < 1.29 is 9.59 Å². The number of carbonyl (C=O) groups is 2. The Morgan fingerprint density at radius 2 is 1.92 bits per heavy atom. The molecule has 0 fully saturated rings. The number of hydrogen-bond donors (Lipinski definition) is 2. The Balaban J connectivity index is 1.59. The van der Waals surface area contributed by atoms with E-state index in [1.165, 1.54) is 18.3 Å². The zero-order valence-corrected chi connectivity index (χ0v) is 17.1. The van der Waals surface area contributed by atoms with Crippen LogP contribution in [0.25, 0.3) is 10.6 Å². The van der Waals surface area contributed by atoms with Gasteiger partial charge in [-0.1, -0.05) is 28.1 Å². The SMILES string of the molecule is CC(=O)NCc1ccc(-c2csc(NC(=O)Cc3ccc(Br)cc3)n2)s1. The minimum absolute atomic E-state index is 0.0515. The van der Waals surface area contributed by atoms with Crippen LogP contribution in [0.1, 0.15) is 17.4 Å². The van der Waals surface area contributed by atoms with Gasteiger partial charge in [0.2, 0.25) is 11.8 Å². The van der Waals surface area contributed by atoms with Gasteiger partial charge in [-0.15, -0.1) is 22.7 Å². The van der Waals surface area contributed by atoms with E-state index in [4.69, 9.17) is 0 Å². The number of nitrogens with one attached hydrogen (secondary N) is 2. The van der Waals surface area contributed by atoms with Gasteiger partial charge in [-0.3, -0.25) is 9.59 Å². The largest absolute Gasteiger partial charge is 0.351 e. The van der Waals surface area contributed by atoms with Crippen LogP contribution >= 0.6 is 38.6 Å². The van der Waals surface area contributed by atoms with Crippen LogP contribution < -0.4 is 10.6 Å². The number of amides is 2. The highest BCUT2D eigenvalue weighted by Gasteiger charge is 2.11. The average molecular weight is 450 g/mol. The number of anilines is 1. The lowest BCUT2D eigenvalue weighted by Crippen LogP contribution is -2.17. The van der Waals surface area contributed by atoms with Gasteiger partial charge in [0.25, 0.3) is 0 Å². The molecule has 8 heteroatoms. The van der Waals surface area contributed by atoms with E-state index in [1.807, 2.05) is 41.8 Å². The number of rotatable bonds is 6. The van der Waals surface area contributed by atoms with E-state index >= 15 is 0 Å². The molecule has 0 bridgehead atoms. The van der Waals surface area contributed by atoms with Crippen LogP contribution in [-0.2, 0) is 22.6 Å². The Bertz CT molecular complexity index is 919. The molecule has 3 rings (SSSR count). The van der Waals surface area contributed by atoms with Crippen molar-refractivity contribution in [1.29, 1.82) is 0 Å². The smallest absolute Gasteiger partial charge is 0.230 e. The molecule has 0 atom stereocenters. The summed E-state index contributed by atoms with van der Waals surface area (Å²) < 4.78 is 0.986. The first-order chi connectivity index (χ1) is 12.5. The molecule has 0 aliphatic heterocycles. The molecule has 0 saturated carbocycles. The molecule has 1 aromatic carbocycles. The predicted molar refractivity (Wildman–Crippen MR) is 109 cm³/mol. The van der Waals surface area contributed by atoms with Crippen LogP contribution in [0.5, 0.6) is 0 Å². The van der Waals surface area contributed by atoms with Crippen molar-refractivity contribution in [2.24, 2.45) is 0 Å². The Morgan fingerprint density at radius 1 is 1.15 bits per heavy atom. The second-order valence-corrected chi connectivity index (χ2v) is 8.51. The van der Waals surface area contributed by atoms with E-state index in [-0.39, 0.29) is 11.8 Å². The van der Waals surface area contributed by atoms with Crippen LogP contribution in [0.15, 0.2) is 46.3 Å². The third-order valence-corrected chi connectivity index (χ3v) is 5.85. The van der Waals surface area contributed by atoms with Gasteiger partial charge in [-0.25, -0.2) is 4.98 Å². The molecule has 0 unspecified atom stereocenters. The molecule has 0 aliphatic rings. The van der Waals surface area contributed by atoms with Crippen LogP contribution in [0, 0.1) is 0 Å². The normalized spacial score (nSPS) is 10.5. The summed E-state index contributed by atoms with van der Waals surface area (Å²) in [6.45, 7) is 2.01. The van der Waals surface area contributed by atoms with Crippen molar-refractivity contribution >= 4 is 55.5 Å². The lowest BCUT2D eigenvalue weighted by atomic mass is 10.1. The minimum atomic E-state index is -0.0919. The third-order valence-electron chi connectivity index (χ3n) is 3.45. The maximum atomic E-state index is 12.2. The molecule has 26 heavy (non-hydrogen) atoms. The van der Waals surface area contributed by atoms with Gasteiger partial charge >= 0.3 is 0 Å². The molecule has 0 radical (unpaired) electrons. The zero-order valence-electron chi connectivity index (χ0n) is 13.9. The molecule has 2 heterocycles. The molecule has 0 spiro atoms. The van der Waals surface area contributed by atoms with Crippen molar-refractivity contribution in [2.45, 2.75) is 19.9 Å². The van der Waals surface area contributed by atoms with Gasteiger partial charge in [-0.2, -0.15) is 0 Å². The van der Waals surface area contributed by atoms with Crippen LogP contribution in [0.3, 0.4) is 0 Å². The van der Waals surface area contributed by atoms with E-state index in [2.05, 4.69) is 31.5 Å². The van der Waals surface area contributed by atoms with Gasteiger partial charge in [0, 0.05) is 21.7 Å². The number of carbonyl (C=O) groups excluding carboxylic acids is 2. The maximum Gasteiger partial charge on any atom is 0.230 e. The second kappa shape index (κ2) is 8.57. The molecule has 3 aromatic rings. The highest BCUT2D eigenvalue weighted by atomic mass is 79.9. The Morgan fingerprint density at radius 3 is 2.65 bits per heavy atom. The van der Waals surface area contributed by atoms with Gasteiger partial charge in [-0.05, 0) is 29.8 Å². The Hall–Kier alpha value is -2.03. The Labute approximate surface area is 167 Å². The summed E-state index contributed by atoms with van der Waals surface area (Å²) in [6, 6.07) is 11.6. The second-order valence-electron chi connectivity index (χ2n) is 5.57. The molecule has 2 amide bonds. The van der Waals surface area contributed by atoms with E-state index < -0.39 is 0 Å². The van der Waals surface area contributed by atoms with Gasteiger partial charge in [0.1, 0.15) is 0 Å². The number of hydrogen-bond acceptors (Lipinski definition) is 5. The minimum Gasteiger partial charge on any atom is -0.351 e. The summed E-state index contributed by atoms with van der Waals surface area (Å²) in [6.07, 6.45) is 0.308. The van der Waals surface area contributed by atoms with E-state index in [9.17, 15) is 9.59 Å². The fourth-order valence-electron chi connectivity index (χ4n) is 2.22. The topological polar surface area (TPSA) is 71.1 Å². The molecular weight excluding hydrogens is 434 g/mol. The number of thiophene rings is 1. The first-order valence-electron chi connectivity index (χ1n) is 7.83. The van der Waals surface area contributed by atoms with Crippen LogP contribution in [0.4, 0.5) is 5.13 Å². The molecule has 0 aliphatic carbocycles. The number of thiazole rings is 1. The van der Waals surface area contributed by atoms with E-state index in [1.54, 1.807) is 11.3 Å². The highest BCUT2D eigenvalue weighted by Crippen LogP contribution is 2.30. The monoisotopic (exact) mass is 449 g/mol. The first-order valence-corrected chi connectivity index (χ1v) is 10.3.